The van der Waals surface area contributed by atoms with Crippen LogP contribution < -0.4 is 21.3 Å². The number of aryl methyl sites for hydroxylation is 1. The van der Waals surface area contributed by atoms with Crippen LogP contribution in [0.3, 0.4) is 0 Å². The summed E-state index contributed by atoms with van der Waals surface area (Å²) in [6.45, 7) is 10.0. The summed E-state index contributed by atoms with van der Waals surface area (Å²) in [6.07, 6.45) is 2.76. The van der Waals surface area contributed by atoms with E-state index in [0.717, 1.165) is 48.4 Å². The second-order valence-electron chi connectivity index (χ2n) is 12.2. The van der Waals surface area contributed by atoms with Crippen LogP contribution >= 0.6 is 0 Å². The molecule has 4 N–H and O–H groups in total. The van der Waals surface area contributed by atoms with Crippen molar-refractivity contribution in [2.75, 3.05) is 23.7 Å². The van der Waals surface area contributed by atoms with E-state index in [0.29, 0.717) is 24.3 Å². The minimum atomic E-state index is -0.428. The van der Waals surface area contributed by atoms with E-state index in [1.807, 2.05) is 61.5 Å². The summed E-state index contributed by atoms with van der Waals surface area (Å²) < 4.78 is 1.75. The summed E-state index contributed by atoms with van der Waals surface area (Å²) in [4.78, 5) is 38.5. The molecule has 1 unspecified atom stereocenters. The molecule has 0 aliphatic carbocycles. The fraction of sp³-hybridized carbons (Fsp3) is 0.438. The Hall–Kier alpha value is -3.98. The van der Waals surface area contributed by atoms with Crippen LogP contribution in [0.25, 0.3) is 5.69 Å². The smallest absolute Gasteiger partial charge is 0.324 e. The number of carbonyl (C=O) groups excluding carboxylic acids is 3. The second kappa shape index (κ2) is 11.9. The van der Waals surface area contributed by atoms with Crippen LogP contribution in [0.15, 0.2) is 54.6 Å². The van der Waals surface area contributed by atoms with Crippen molar-refractivity contribution in [1.82, 2.24) is 20.4 Å². The molecular weight excluding hydrogens is 516 g/mol. The third-order valence-electron chi connectivity index (χ3n) is 8.03. The maximum Gasteiger partial charge on any atom is 0.324 e. The first-order chi connectivity index (χ1) is 19.6. The molecule has 0 saturated carbocycles. The Morgan fingerprint density at radius 2 is 1.66 bits per heavy atom. The lowest BCUT2D eigenvalue weighted by Crippen LogP contribution is -2.41. The molecule has 9 nitrogen and oxygen atoms in total. The Bertz CT molecular complexity index is 1400. The molecule has 2 atom stereocenters. The number of amides is 3. The summed E-state index contributed by atoms with van der Waals surface area (Å²) in [7, 11) is 0. The average Bonchev–Trinajstić information content (AvgIpc) is 3.57. The van der Waals surface area contributed by atoms with Gasteiger partial charge in [0.2, 0.25) is 5.91 Å². The molecule has 3 heterocycles. The van der Waals surface area contributed by atoms with E-state index in [2.05, 4.69) is 42.0 Å². The molecule has 2 aliphatic heterocycles. The lowest BCUT2D eigenvalue weighted by molar-refractivity contribution is -0.126. The van der Waals surface area contributed by atoms with E-state index in [1.165, 1.54) is 0 Å². The number of anilines is 2. The van der Waals surface area contributed by atoms with Crippen LogP contribution in [0.2, 0.25) is 0 Å². The molecule has 0 spiro atoms. The highest BCUT2D eigenvalue weighted by Gasteiger charge is 2.37. The Kier molecular flexibility index (Phi) is 8.26. The van der Waals surface area contributed by atoms with E-state index in [4.69, 9.17) is 5.10 Å². The molecule has 1 aromatic heterocycles. The number of nitrogens with zero attached hydrogens (tertiary/aromatic N) is 2. The van der Waals surface area contributed by atoms with Gasteiger partial charge in [0.05, 0.1) is 17.4 Å². The predicted octanol–water partition coefficient (Wildman–Crippen LogP) is 5.05. The van der Waals surface area contributed by atoms with Crippen LogP contribution in [-0.4, -0.2) is 46.6 Å². The van der Waals surface area contributed by atoms with Crippen molar-refractivity contribution in [3.63, 3.8) is 0 Å². The van der Waals surface area contributed by atoms with E-state index < -0.39 is 6.04 Å². The van der Waals surface area contributed by atoms with Crippen molar-refractivity contribution in [2.24, 2.45) is 5.92 Å². The minimum absolute atomic E-state index is 0.0590. The van der Waals surface area contributed by atoms with E-state index in [-0.39, 0.29) is 35.0 Å². The molecule has 3 aromatic rings. The fourth-order valence-electron chi connectivity index (χ4n) is 5.66. The maximum atomic E-state index is 13.6. The fourth-order valence-corrected chi connectivity index (χ4v) is 5.66. The number of rotatable bonds is 7. The zero-order valence-electron chi connectivity index (χ0n) is 24.3. The molecule has 2 aromatic carbocycles. The molecule has 2 saturated heterocycles. The largest absolute Gasteiger partial charge is 0.346 e. The number of hydrogen-bond acceptors (Lipinski definition) is 5. The third-order valence-corrected chi connectivity index (χ3v) is 8.03. The molecule has 216 valence electrons. The third kappa shape index (κ3) is 6.68. The van der Waals surface area contributed by atoms with Crippen molar-refractivity contribution >= 4 is 29.2 Å². The van der Waals surface area contributed by atoms with Gasteiger partial charge in [-0.2, -0.15) is 5.10 Å². The number of piperidine rings is 1. The van der Waals surface area contributed by atoms with Crippen molar-refractivity contribution in [2.45, 2.75) is 70.8 Å². The highest BCUT2D eigenvalue weighted by atomic mass is 16.2. The summed E-state index contributed by atoms with van der Waals surface area (Å²) in [5.74, 6) is 0.519. The number of urea groups is 1. The Morgan fingerprint density at radius 1 is 0.976 bits per heavy atom. The van der Waals surface area contributed by atoms with Crippen LogP contribution in [0.1, 0.15) is 69.2 Å². The minimum Gasteiger partial charge on any atom is -0.346 e. The molecule has 41 heavy (non-hydrogen) atoms. The molecular formula is C32H40N6O3. The zero-order chi connectivity index (χ0) is 29.1. The number of carbonyl (C=O) groups is 3. The topological polar surface area (TPSA) is 117 Å². The SMILES string of the molecule is Cc1ccc(-n2nc(C(C)(C)C)cc2NC(=O)Nc2ccc(C(C(=O)[C@@H]3CCC(=O)N3)C3CCNCC3)cc2)cc1. The number of ketones is 1. The first-order valence-corrected chi connectivity index (χ1v) is 14.5. The molecule has 3 amide bonds. The number of nitrogens with one attached hydrogen (secondary N) is 4. The predicted molar refractivity (Wildman–Crippen MR) is 161 cm³/mol. The molecule has 2 aliphatic rings. The standard InChI is InChI=1S/C32H40N6O3/c1-20-5-11-24(12-6-20)38-27(19-26(37-38)32(2,3)4)36-31(41)34-23-9-7-21(8-10-23)29(22-15-17-33-18-16-22)30(40)25-13-14-28(39)35-25/h5-12,19,22,25,29,33H,13-18H2,1-4H3,(H,35,39)(H2,34,36,41)/t25-,29?/m0/s1. The number of aromatic nitrogens is 2. The van der Waals surface area contributed by atoms with Gasteiger partial charge in [-0.05, 0) is 75.0 Å². The molecule has 9 heteroatoms. The van der Waals surface area contributed by atoms with Crippen molar-refractivity contribution in [1.29, 1.82) is 0 Å². The van der Waals surface area contributed by atoms with Gasteiger partial charge in [-0.1, -0.05) is 50.6 Å². The van der Waals surface area contributed by atoms with Gasteiger partial charge in [-0.3, -0.25) is 14.9 Å². The molecule has 2 fully saturated rings. The Balaban J connectivity index is 1.32. The summed E-state index contributed by atoms with van der Waals surface area (Å²) in [6, 6.07) is 16.6. The van der Waals surface area contributed by atoms with Crippen molar-refractivity contribution in [3.8, 4) is 5.69 Å². The van der Waals surface area contributed by atoms with E-state index in [1.54, 1.807) is 4.68 Å². The van der Waals surface area contributed by atoms with Crippen LogP contribution in [-0.2, 0) is 15.0 Å². The Labute approximate surface area is 241 Å². The second-order valence-corrected chi connectivity index (χ2v) is 12.2. The summed E-state index contributed by atoms with van der Waals surface area (Å²) in [5, 5.41) is 16.9. The highest BCUT2D eigenvalue weighted by molar-refractivity contribution is 6.00. The van der Waals surface area contributed by atoms with Crippen LogP contribution in [0, 0.1) is 12.8 Å². The maximum absolute atomic E-state index is 13.6. The van der Waals surface area contributed by atoms with Gasteiger partial charge in [-0.15, -0.1) is 0 Å². The molecule has 0 radical (unpaired) electrons. The summed E-state index contributed by atoms with van der Waals surface area (Å²) in [5.41, 5.74) is 4.21. The number of Topliss-reactive ketones (excluding diaryl/α,β-unsaturated/α-hetero) is 1. The van der Waals surface area contributed by atoms with Gasteiger partial charge in [0.15, 0.2) is 5.78 Å². The van der Waals surface area contributed by atoms with Gasteiger partial charge in [0.1, 0.15) is 5.82 Å². The normalized spacial score (nSPS) is 18.5. The lowest BCUT2D eigenvalue weighted by atomic mass is 9.76. The van der Waals surface area contributed by atoms with Gasteiger partial charge in [0.25, 0.3) is 0 Å². The van der Waals surface area contributed by atoms with Gasteiger partial charge >= 0.3 is 6.03 Å². The van der Waals surface area contributed by atoms with E-state index >= 15 is 0 Å². The van der Waals surface area contributed by atoms with Crippen LogP contribution in [0.4, 0.5) is 16.3 Å². The lowest BCUT2D eigenvalue weighted by Gasteiger charge is -2.31. The van der Waals surface area contributed by atoms with Crippen molar-refractivity contribution in [3.05, 3.63) is 71.4 Å². The van der Waals surface area contributed by atoms with Crippen molar-refractivity contribution < 1.29 is 14.4 Å². The highest BCUT2D eigenvalue weighted by Crippen LogP contribution is 2.35. The van der Waals surface area contributed by atoms with Gasteiger partial charge in [-0.25, -0.2) is 9.48 Å². The van der Waals surface area contributed by atoms with Crippen LogP contribution in [0.5, 0.6) is 0 Å². The number of hydrogen-bond donors (Lipinski definition) is 4. The quantitative estimate of drug-likeness (QED) is 0.325. The zero-order valence-corrected chi connectivity index (χ0v) is 24.3. The summed E-state index contributed by atoms with van der Waals surface area (Å²) >= 11 is 0. The Morgan fingerprint density at radius 3 is 2.27 bits per heavy atom. The molecule has 5 rings (SSSR count). The molecule has 0 bridgehead atoms. The first kappa shape index (κ1) is 28.5. The first-order valence-electron chi connectivity index (χ1n) is 14.5. The monoisotopic (exact) mass is 556 g/mol. The average molecular weight is 557 g/mol. The van der Waals surface area contributed by atoms with Gasteiger partial charge in [0, 0.05) is 29.5 Å². The number of benzene rings is 2. The van der Waals surface area contributed by atoms with E-state index in [9.17, 15) is 14.4 Å². The van der Waals surface area contributed by atoms with Gasteiger partial charge < -0.3 is 16.0 Å².